The van der Waals surface area contributed by atoms with Crippen molar-refractivity contribution in [2.75, 3.05) is 5.75 Å². The van der Waals surface area contributed by atoms with Gasteiger partial charge in [0.25, 0.3) is 5.91 Å². The van der Waals surface area contributed by atoms with E-state index in [1.807, 2.05) is 0 Å². The van der Waals surface area contributed by atoms with Gasteiger partial charge in [0.05, 0.1) is 10.8 Å². The average molecular weight is 393 g/mol. The van der Waals surface area contributed by atoms with Crippen molar-refractivity contribution in [1.29, 1.82) is 0 Å². The van der Waals surface area contributed by atoms with E-state index in [0.29, 0.717) is 14.9 Å². The Hall–Kier alpha value is -1.64. The maximum absolute atomic E-state index is 12.0. The molecule has 1 aromatic rings. The first-order chi connectivity index (χ1) is 11.2. The summed E-state index contributed by atoms with van der Waals surface area (Å²) in [7, 11) is 0. The van der Waals surface area contributed by atoms with Gasteiger partial charge in [0.2, 0.25) is 5.91 Å². The van der Waals surface area contributed by atoms with Crippen LogP contribution in [-0.4, -0.2) is 29.6 Å². The molecular formula is C14H18Cl2N4O3S. The fraction of sp³-hybridized carbons (Fsp3) is 0.357. The SMILES string of the molecule is CC(C)C(NC(N)=O)C(=O)NNC(=O)CSc1cc(Cl)ccc1Cl. The Labute approximate surface area is 154 Å². The minimum atomic E-state index is -0.849. The van der Waals surface area contributed by atoms with Crippen LogP contribution >= 0.6 is 35.0 Å². The summed E-state index contributed by atoms with van der Waals surface area (Å²) in [6, 6.07) is 3.26. The molecule has 0 spiro atoms. The highest BCUT2D eigenvalue weighted by molar-refractivity contribution is 8.00. The van der Waals surface area contributed by atoms with Crippen LogP contribution in [0.1, 0.15) is 13.8 Å². The molecule has 0 radical (unpaired) electrons. The maximum Gasteiger partial charge on any atom is 0.312 e. The van der Waals surface area contributed by atoms with Crippen LogP contribution in [0.15, 0.2) is 23.1 Å². The maximum atomic E-state index is 12.0. The molecule has 0 aromatic heterocycles. The summed E-state index contributed by atoms with van der Waals surface area (Å²) >= 11 is 13.0. The number of nitrogens with one attached hydrogen (secondary N) is 3. The Kier molecular flexibility index (Phi) is 8.17. The molecule has 0 bridgehead atoms. The summed E-state index contributed by atoms with van der Waals surface area (Å²) in [6.07, 6.45) is 0. The minimum Gasteiger partial charge on any atom is -0.352 e. The van der Waals surface area contributed by atoms with Crippen molar-refractivity contribution in [3.05, 3.63) is 28.2 Å². The normalized spacial score (nSPS) is 11.7. The molecule has 132 valence electrons. The second kappa shape index (κ2) is 9.61. The Balaban J connectivity index is 2.49. The van der Waals surface area contributed by atoms with Crippen LogP contribution in [0.4, 0.5) is 4.79 Å². The van der Waals surface area contributed by atoms with E-state index in [0.717, 1.165) is 0 Å². The van der Waals surface area contributed by atoms with Crippen LogP contribution in [0.3, 0.4) is 0 Å². The van der Waals surface area contributed by atoms with Gasteiger partial charge in [-0.3, -0.25) is 20.4 Å². The van der Waals surface area contributed by atoms with E-state index >= 15 is 0 Å². The first-order valence-electron chi connectivity index (χ1n) is 6.93. The van der Waals surface area contributed by atoms with E-state index < -0.39 is 23.9 Å². The number of urea groups is 1. The summed E-state index contributed by atoms with van der Waals surface area (Å²) < 4.78 is 0. The van der Waals surface area contributed by atoms with Gasteiger partial charge in [-0.2, -0.15) is 0 Å². The standard InChI is InChI=1S/C14H18Cl2N4O3S/c1-7(2)12(18-14(17)23)13(22)20-19-11(21)6-24-10-5-8(15)3-4-9(10)16/h3-5,7,12H,6H2,1-2H3,(H,19,21)(H,20,22)(H3,17,18,23). The fourth-order valence-electron chi connectivity index (χ4n) is 1.66. The molecule has 1 aromatic carbocycles. The highest BCUT2D eigenvalue weighted by Gasteiger charge is 2.23. The molecule has 0 heterocycles. The Bertz CT molecular complexity index is 628. The van der Waals surface area contributed by atoms with E-state index in [1.54, 1.807) is 32.0 Å². The van der Waals surface area contributed by atoms with Gasteiger partial charge in [0, 0.05) is 9.92 Å². The number of thioether (sulfide) groups is 1. The number of nitrogens with two attached hydrogens (primary N) is 1. The van der Waals surface area contributed by atoms with Gasteiger partial charge in [-0.1, -0.05) is 37.0 Å². The van der Waals surface area contributed by atoms with Crippen LogP contribution < -0.4 is 21.9 Å². The van der Waals surface area contributed by atoms with Crippen LogP contribution in [0, 0.1) is 5.92 Å². The topological polar surface area (TPSA) is 113 Å². The van der Waals surface area contributed by atoms with Crippen molar-refractivity contribution in [3.63, 3.8) is 0 Å². The summed E-state index contributed by atoms with van der Waals surface area (Å²) in [4.78, 5) is 35.3. The Morgan fingerprint density at radius 1 is 1.21 bits per heavy atom. The lowest BCUT2D eigenvalue weighted by molar-refractivity contribution is -0.129. The van der Waals surface area contributed by atoms with Crippen molar-refractivity contribution in [2.24, 2.45) is 11.7 Å². The zero-order valence-corrected chi connectivity index (χ0v) is 15.4. The number of benzene rings is 1. The van der Waals surface area contributed by atoms with Gasteiger partial charge in [0.1, 0.15) is 6.04 Å². The van der Waals surface area contributed by atoms with E-state index in [9.17, 15) is 14.4 Å². The zero-order valence-electron chi connectivity index (χ0n) is 13.1. The number of carbonyl (C=O) groups is 3. The Morgan fingerprint density at radius 3 is 2.46 bits per heavy atom. The fourth-order valence-corrected chi connectivity index (χ4v) is 2.96. The molecule has 24 heavy (non-hydrogen) atoms. The molecule has 1 rings (SSSR count). The molecule has 0 saturated carbocycles. The van der Waals surface area contributed by atoms with E-state index in [1.165, 1.54) is 11.8 Å². The molecule has 0 fully saturated rings. The van der Waals surface area contributed by atoms with E-state index in [-0.39, 0.29) is 11.7 Å². The second-order valence-electron chi connectivity index (χ2n) is 5.13. The number of hydrazine groups is 1. The molecular weight excluding hydrogens is 375 g/mol. The molecule has 5 N–H and O–H groups in total. The first kappa shape index (κ1) is 20.4. The average Bonchev–Trinajstić information content (AvgIpc) is 2.50. The molecule has 0 aliphatic carbocycles. The van der Waals surface area contributed by atoms with Gasteiger partial charge in [-0.05, 0) is 24.1 Å². The number of carbonyl (C=O) groups excluding carboxylic acids is 3. The summed E-state index contributed by atoms with van der Waals surface area (Å²) in [5, 5.41) is 3.30. The van der Waals surface area contributed by atoms with E-state index in [4.69, 9.17) is 28.9 Å². The summed E-state index contributed by atoms with van der Waals surface area (Å²) in [5.74, 6) is -1.18. The van der Waals surface area contributed by atoms with Crippen molar-refractivity contribution in [2.45, 2.75) is 24.8 Å². The predicted octanol–water partition coefficient (Wildman–Crippen LogP) is 1.93. The van der Waals surface area contributed by atoms with Gasteiger partial charge < -0.3 is 11.1 Å². The van der Waals surface area contributed by atoms with Gasteiger partial charge >= 0.3 is 6.03 Å². The smallest absolute Gasteiger partial charge is 0.312 e. The largest absolute Gasteiger partial charge is 0.352 e. The molecule has 0 aliphatic heterocycles. The number of primary amides is 1. The van der Waals surface area contributed by atoms with Crippen molar-refractivity contribution in [1.82, 2.24) is 16.2 Å². The molecule has 1 unspecified atom stereocenters. The molecule has 0 saturated heterocycles. The highest BCUT2D eigenvalue weighted by Crippen LogP contribution is 2.29. The third-order valence-corrected chi connectivity index (χ3v) is 4.56. The third kappa shape index (κ3) is 6.86. The molecule has 7 nitrogen and oxygen atoms in total. The lowest BCUT2D eigenvalue weighted by Gasteiger charge is -2.20. The lowest BCUT2D eigenvalue weighted by atomic mass is 10.0. The monoisotopic (exact) mass is 392 g/mol. The lowest BCUT2D eigenvalue weighted by Crippen LogP contribution is -2.55. The zero-order chi connectivity index (χ0) is 18.3. The van der Waals surface area contributed by atoms with Crippen LogP contribution in [0.5, 0.6) is 0 Å². The number of amides is 4. The Morgan fingerprint density at radius 2 is 1.88 bits per heavy atom. The van der Waals surface area contributed by atoms with Gasteiger partial charge in [-0.15, -0.1) is 11.8 Å². The molecule has 10 heteroatoms. The van der Waals surface area contributed by atoms with Gasteiger partial charge in [-0.25, -0.2) is 4.79 Å². The van der Waals surface area contributed by atoms with Crippen LogP contribution in [-0.2, 0) is 9.59 Å². The third-order valence-electron chi connectivity index (χ3n) is 2.82. The summed E-state index contributed by atoms with van der Waals surface area (Å²) in [5.41, 5.74) is 9.54. The highest BCUT2D eigenvalue weighted by atomic mass is 35.5. The minimum absolute atomic E-state index is 0.0237. The molecule has 0 aliphatic rings. The molecule has 1 atom stereocenters. The second-order valence-corrected chi connectivity index (χ2v) is 6.99. The quantitative estimate of drug-likeness (QED) is 0.437. The van der Waals surface area contributed by atoms with E-state index in [2.05, 4.69) is 16.2 Å². The predicted molar refractivity (Wildman–Crippen MR) is 94.8 cm³/mol. The number of hydrogen-bond donors (Lipinski definition) is 4. The number of rotatable bonds is 6. The van der Waals surface area contributed by atoms with Crippen molar-refractivity contribution >= 4 is 52.8 Å². The van der Waals surface area contributed by atoms with Crippen molar-refractivity contribution < 1.29 is 14.4 Å². The number of halogens is 2. The summed E-state index contributed by atoms with van der Waals surface area (Å²) in [6.45, 7) is 3.47. The van der Waals surface area contributed by atoms with Gasteiger partial charge in [0.15, 0.2) is 0 Å². The number of hydrogen-bond acceptors (Lipinski definition) is 4. The first-order valence-corrected chi connectivity index (χ1v) is 8.67. The van der Waals surface area contributed by atoms with Crippen LogP contribution in [0.25, 0.3) is 0 Å². The van der Waals surface area contributed by atoms with Crippen molar-refractivity contribution in [3.8, 4) is 0 Å². The molecule has 4 amide bonds. The van der Waals surface area contributed by atoms with Crippen LogP contribution in [0.2, 0.25) is 10.0 Å².